The van der Waals surface area contributed by atoms with E-state index in [1.165, 1.54) is 23.1 Å². The van der Waals surface area contributed by atoms with Crippen molar-refractivity contribution in [1.29, 1.82) is 0 Å². The molecule has 0 radical (unpaired) electrons. The Morgan fingerprint density at radius 3 is 2.26 bits per heavy atom. The van der Waals surface area contributed by atoms with Crippen molar-refractivity contribution in [2.45, 2.75) is 13.1 Å². The Bertz CT molecular complexity index is 609. The molecule has 3 nitrogen and oxygen atoms in total. The maximum Gasteiger partial charge on any atom is 0.261 e. The van der Waals surface area contributed by atoms with Gasteiger partial charge in [0, 0.05) is 13.1 Å². The zero-order valence-electron chi connectivity index (χ0n) is 10.1. The fraction of sp³-hybridized carbons (Fsp3) is 0.133. The lowest BCUT2D eigenvalue weighted by Crippen LogP contribution is -2.26. The smallest absolute Gasteiger partial charge is 0.261 e. The van der Waals surface area contributed by atoms with E-state index in [1.54, 1.807) is 0 Å². The van der Waals surface area contributed by atoms with Gasteiger partial charge in [-0.2, -0.15) is 0 Å². The van der Waals surface area contributed by atoms with Crippen LogP contribution in [0, 0.1) is 5.82 Å². The van der Waals surface area contributed by atoms with Crippen LogP contribution in [0.3, 0.4) is 0 Å². The van der Waals surface area contributed by atoms with Gasteiger partial charge in [0.2, 0.25) is 0 Å². The Morgan fingerprint density at radius 2 is 1.68 bits per heavy atom. The van der Waals surface area contributed by atoms with Crippen molar-refractivity contribution in [2.75, 3.05) is 0 Å². The fourth-order valence-electron chi connectivity index (χ4n) is 2.36. The number of hydrogen-bond donors (Lipinski definition) is 1. The van der Waals surface area contributed by atoms with Crippen LogP contribution >= 0.6 is 0 Å². The molecule has 0 fully saturated rings. The van der Waals surface area contributed by atoms with Crippen LogP contribution in [0.15, 0.2) is 42.5 Å². The maximum atomic E-state index is 13.7. The monoisotopic (exact) mass is 257 g/mol. The summed E-state index contributed by atoms with van der Waals surface area (Å²) < 4.78 is 13.7. The highest BCUT2D eigenvalue weighted by atomic mass is 19.1. The number of fused-ring (bicyclic) bond motifs is 1. The summed E-state index contributed by atoms with van der Waals surface area (Å²) in [5, 5.41) is 9.65. The van der Waals surface area contributed by atoms with Gasteiger partial charge < -0.3 is 10.0 Å². The molecule has 19 heavy (non-hydrogen) atoms. The molecule has 0 aromatic heterocycles. The second-order valence-electron chi connectivity index (χ2n) is 4.56. The number of carbonyl (C=O) groups excluding carboxylic acids is 1. The maximum absolute atomic E-state index is 13.7. The van der Waals surface area contributed by atoms with Crippen molar-refractivity contribution in [3.05, 3.63) is 65.0 Å². The van der Waals surface area contributed by atoms with Crippen LogP contribution in [-0.4, -0.2) is 15.9 Å². The van der Waals surface area contributed by atoms with E-state index in [2.05, 4.69) is 0 Å². The molecule has 0 atom stereocenters. The molecule has 1 heterocycles. The van der Waals surface area contributed by atoms with E-state index in [9.17, 15) is 14.3 Å². The van der Waals surface area contributed by atoms with E-state index in [4.69, 9.17) is 0 Å². The first-order valence-corrected chi connectivity index (χ1v) is 6.00. The Labute approximate surface area is 109 Å². The highest BCUT2D eigenvalue weighted by Crippen LogP contribution is 2.27. The van der Waals surface area contributed by atoms with Crippen molar-refractivity contribution < 1.29 is 14.3 Å². The SMILES string of the molecule is O=C(c1c(O)cccc1F)N1Cc2ccccc2C1. The summed E-state index contributed by atoms with van der Waals surface area (Å²) in [6.45, 7) is 0.894. The number of halogens is 1. The average Bonchev–Trinajstić information content (AvgIpc) is 2.82. The lowest BCUT2D eigenvalue weighted by Gasteiger charge is -2.16. The molecule has 2 aromatic rings. The highest BCUT2D eigenvalue weighted by Gasteiger charge is 2.27. The molecule has 0 aliphatic carbocycles. The largest absolute Gasteiger partial charge is 0.507 e. The first-order chi connectivity index (χ1) is 9.16. The van der Waals surface area contributed by atoms with Crippen LogP contribution in [0.25, 0.3) is 0 Å². The minimum Gasteiger partial charge on any atom is -0.507 e. The second-order valence-corrected chi connectivity index (χ2v) is 4.56. The Kier molecular flexibility index (Phi) is 2.71. The van der Waals surface area contributed by atoms with Crippen molar-refractivity contribution in [3.8, 4) is 5.75 Å². The molecule has 1 amide bonds. The van der Waals surface area contributed by atoms with Crippen molar-refractivity contribution in [2.24, 2.45) is 0 Å². The van der Waals surface area contributed by atoms with E-state index in [1.807, 2.05) is 24.3 Å². The molecule has 0 saturated carbocycles. The zero-order chi connectivity index (χ0) is 13.4. The van der Waals surface area contributed by atoms with Crippen LogP contribution in [0.2, 0.25) is 0 Å². The Morgan fingerprint density at radius 1 is 1.05 bits per heavy atom. The normalized spacial score (nSPS) is 13.4. The van der Waals surface area contributed by atoms with E-state index in [0.717, 1.165) is 11.1 Å². The molecule has 1 N–H and O–H groups in total. The molecule has 0 unspecified atom stereocenters. The van der Waals surface area contributed by atoms with Crippen molar-refractivity contribution in [1.82, 2.24) is 4.90 Å². The van der Waals surface area contributed by atoms with Gasteiger partial charge >= 0.3 is 0 Å². The van der Waals surface area contributed by atoms with Gasteiger partial charge in [0.25, 0.3) is 5.91 Å². The molecule has 4 heteroatoms. The van der Waals surface area contributed by atoms with Gasteiger partial charge in [0.05, 0.1) is 0 Å². The summed E-state index contributed by atoms with van der Waals surface area (Å²) in [5.41, 5.74) is 1.87. The lowest BCUT2D eigenvalue weighted by molar-refractivity contribution is 0.0743. The quantitative estimate of drug-likeness (QED) is 0.853. The first-order valence-electron chi connectivity index (χ1n) is 6.00. The highest BCUT2D eigenvalue weighted by molar-refractivity contribution is 5.97. The zero-order valence-corrected chi connectivity index (χ0v) is 10.1. The summed E-state index contributed by atoms with van der Waals surface area (Å²) in [7, 11) is 0. The number of aromatic hydroxyl groups is 1. The first kappa shape index (κ1) is 11.7. The predicted octanol–water partition coefficient (Wildman–Crippen LogP) is 2.69. The van der Waals surface area contributed by atoms with Gasteiger partial charge in [-0.05, 0) is 23.3 Å². The summed E-state index contributed by atoms with van der Waals surface area (Å²) in [4.78, 5) is 13.8. The van der Waals surface area contributed by atoms with Crippen LogP contribution in [0.1, 0.15) is 21.5 Å². The Hall–Kier alpha value is -2.36. The molecule has 2 aromatic carbocycles. The number of nitrogens with zero attached hydrogens (tertiary/aromatic N) is 1. The van der Waals surface area contributed by atoms with Gasteiger partial charge in [0.15, 0.2) is 0 Å². The third-order valence-electron chi connectivity index (χ3n) is 3.33. The van der Waals surface area contributed by atoms with Crippen LogP contribution in [0.5, 0.6) is 5.75 Å². The average molecular weight is 257 g/mol. The van der Waals surface area contributed by atoms with E-state index < -0.39 is 11.7 Å². The molecule has 0 saturated heterocycles. The molecule has 1 aliphatic rings. The topological polar surface area (TPSA) is 40.5 Å². The van der Waals surface area contributed by atoms with Gasteiger partial charge in [-0.3, -0.25) is 4.79 Å². The van der Waals surface area contributed by atoms with E-state index in [-0.39, 0.29) is 11.3 Å². The minimum absolute atomic E-state index is 0.254. The molecule has 96 valence electrons. The summed E-state index contributed by atoms with van der Waals surface area (Å²) in [6.07, 6.45) is 0. The summed E-state index contributed by atoms with van der Waals surface area (Å²) in [6, 6.07) is 11.6. The number of phenols is 1. The van der Waals surface area contributed by atoms with Gasteiger partial charge in [-0.25, -0.2) is 4.39 Å². The molecule has 3 rings (SSSR count). The number of carbonyl (C=O) groups is 1. The second kappa shape index (κ2) is 4.39. The standard InChI is InChI=1S/C15H12FNO2/c16-12-6-3-7-13(18)14(12)15(19)17-8-10-4-1-2-5-11(10)9-17/h1-7,18H,8-9H2. The van der Waals surface area contributed by atoms with Crippen LogP contribution in [0.4, 0.5) is 4.39 Å². The molecule has 0 bridgehead atoms. The lowest BCUT2D eigenvalue weighted by atomic mass is 10.1. The number of rotatable bonds is 1. The Balaban J connectivity index is 1.92. The predicted molar refractivity (Wildman–Crippen MR) is 68.1 cm³/mol. The van der Waals surface area contributed by atoms with Gasteiger partial charge in [-0.15, -0.1) is 0 Å². The summed E-state index contributed by atoms with van der Waals surface area (Å²) >= 11 is 0. The van der Waals surface area contributed by atoms with Crippen molar-refractivity contribution in [3.63, 3.8) is 0 Å². The number of phenolic OH excluding ortho intramolecular Hbond substituents is 1. The molecule has 0 spiro atoms. The number of benzene rings is 2. The van der Waals surface area contributed by atoms with E-state index in [0.29, 0.717) is 13.1 Å². The number of hydrogen-bond acceptors (Lipinski definition) is 2. The van der Waals surface area contributed by atoms with Gasteiger partial charge in [-0.1, -0.05) is 30.3 Å². The fourth-order valence-corrected chi connectivity index (χ4v) is 2.36. The molecule has 1 aliphatic heterocycles. The third kappa shape index (κ3) is 1.95. The van der Waals surface area contributed by atoms with Crippen LogP contribution < -0.4 is 0 Å². The summed E-state index contributed by atoms with van der Waals surface area (Å²) in [5.74, 6) is -1.49. The van der Waals surface area contributed by atoms with E-state index >= 15 is 0 Å². The van der Waals surface area contributed by atoms with Crippen molar-refractivity contribution >= 4 is 5.91 Å². The molecular formula is C15H12FNO2. The third-order valence-corrected chi connectivity index (χ3v) is 3.33. The minimum atomic E-state index is -0.694. The van der Waals surface area contributed by atoms with Crippen LogP contribution in [-0.2, 0) is 13.1 Å². The van der Waals surface area contributed by atoms with Gasteiger partial charge in [0.1, 0.15) is 17.1 Å². The number of amides is 1. The molecular weight excluding hydrogens is 245 g/mol.